The number of benzene rings is 2. The van der Waals surface area contributed by atoms with Crippen LogP contribution in [0.25, 0.3) is 0 Å². The minimum absolute atomic E-state index is 0.157. The minimum atomic E-state index is -3.65. The van der Waals surface area contributed by atoms with Gasteiger partial charge >= 0.3 is 0 Å². The van der Waals surface area contributed by atoms with Gasteiger partial charge < -0.3 is 9.64 Å². The molecule has 0 spiro atoms. The van der Waals surface area contributed by atoms with E-state index in [1.807, 2.05) is 38.1 Å². The highest BCUT2D eigenvalue weighted by Gasteiger charge is 2.32. The Morgan fingerprint density at radius 3 is 2.58 bits per heavy atom. The number of amides is 1. The molecule has 8 heteroatoms. The van der Waals surface area contributed by atoms with Gasteiger partial charge in [0.25, 0.3) is 10.0 Å². The molecule has 1 heterocycles. The molecule has 2 aromatic rings. The molecule has 0 saturated carbocycles. The molecule has 0 radical (unpaired) electrons. The van der Waals surface area contributed by atoms with Gasteiger partial charge in [-0.25, -0.2) is 8.42 Å². The minimum Gasteiger partial charge on any atom is -0.494 e. The third-order valence-corrected chi connectivity index (χ3v) is 6.52. The fourth-order valence-electron chi connectivity index (χ4n) is 3.54. The van der Waals surface area contributed by atoms with Crippen LogP contribution in [0.2, 0.25) is 0 Å². The molecule has 2 aromatic carbocycles. The van der Waals surface area contributed by atoms with Crippen molar-refractivity contribution >= 4 is 21.8 Å². The molecule has 0 aromatic heterocycles. The number of rotatable bonds is 9. The lowest BCUT2D eigenvalue weighted by Gasteiger charge is -2.23. The van der Waals surface area contributed by atoms with Gasteiger partial charge in [0.15, 0.2) is 0 Å². The number of nitrogens with zero attached hydrogens (tertiary/aromatic N) is 2. The molecule has 1 aliphatic heterocycles. The lowest BCUT2D eigenvalue weighted by molar-refractivity contribution is -0.131. The van der Waals surface area contributed by atoms with E-state index in [-0.39, 0.29) is 16.6 Å². The van der Waals surface area contributed by atoms with E-state index in [9.17, 15) is 13.2 Å². The first-order valence-electron chi connectivity index (χ1n) is 10.5. The molecule has 0 saturated heterocycles. The van der Waals surface area contributed by atoms with Crippen molar-refractivity contribution in [1.82, 2.24) is 9.62 Å². The van der Waals surface area contributed by atoms with E-state index in [1.54, 1.807) is 36.2 Å². The highest BCUT2D eigenvalue weighted by Crippen LogP contribution is 2.24. The normalized spacial score (nSPS) is 16.4. The van der Waals surface area contributed by atoms with Crippen LogP contribution >= 0.6 is 0 Å². The Labute approximate surface area is 184 Å². The average molecular weight is 444 g/mol. The second-order valence-electron chi connectivity index (χ2n) is 7.47. The van der Waals surface area contributed by atoms with Crippen molar-refractivity contribution in [3.8, 4) is 5.75 Å². The van der Waals surface area contributed by atoms with Crippen LogP contribution in [0.4, 0.5) is 0 Å². The number of unbranched alkanes of at least 4 members (excludes halogenated alkanes) is 1. The van der Waals surface area contributed by atoms with Crippen LogP contribution in [0.1, 0.15) is 44.2 Å². The van der Waals surface area contributed by atoms with E-state index in [0.717, 1.165) is 24.2 Å². The van der Waals surface area contributed by atoms with Crippen molar-refractivity contribution in [3.05, 3.63) is 59.7 Å². The number of likely N-dealkylation sites (N-methyl/N-ethyl adjacent to an activating group) is 1. The Kier molecular flexibility index (Phi) is 7.33. The molecular weight excluding hydrogens is 414 g/mol. The summed E-state index contributed by atoms with van der Waals surface area (Å²) in [5.74, 6) is 0.822. The van der Waals surface area contributed by atoms with Crippen LogP contribution < -0.4 is 9.46 Å². The maximum atomic E-state index is 13.3. The SMILES string of the molecule is CCCCC(N=C1NS(=O)(=O)c2ccccc21)C(=O)N(C)Cc1ccccc1OCC. The summed E-state index contributed by atoms with van der Waals surface area (Å²) in [6.07, 6.45) is 2.26. The molecule has 31 heavy (non-hydrogen) atoms. The van der Waals surface area contributed by atoms with Crippen LogP contribution in [0.5, 0.6) is 5.75 Å². The van der Waals surface area contributed by atoms with E-state index in [2.05, 4.69) is 9.71 Å². The van der Waals surface area contributed by atoms with E-state index in [1.165, 1.54) is 0 Å². The monoisotopic (exact) mass is 443 g/mol. The zero-order valence-corrected chi connectivity index (χ0v) is 19.0. The molecular formula is C23H29N3O4S. The van der Waals surface area contributed by atoms with Gasteiger partial charge in [-0.2, -0.15) is 0 Å². The van der Waals surface area contributed by atoms with Gasteiger partial charge in [0.05, 0.1) is 11.5 Å². The molecule has 0 bridgehead atoms. The lowest BCUT2D eigenvalue weighted by atomic mass is 10.1. The van der Waals surface area contributed by atoms with E-state index in [0.29, 0.717) is 25.1 Å². The molecule has 1 aliphatic rings. The molecule has 1 unspecified atom stereocenters. The number of sulfonamides is 1. The lowest BCUT2D eigenvalue weighted by Crippen LogP contribution is -2.37. The Hall–Kier alpha value is -2.87. The zero-order chi connectivity index (χ0) is 22.4. The molecule has 0 fully saturated rings. The highest BCUT2D eigenvalue weighted by atomic mass is 32.2. The van der Waals surface area contributed by atoms with Crippen molar-refractivity contribution in [2.75, 3.05) is 13.7 Å². The summed E-state index contributed by atoms with van der Waals surface area (Å²) in [7, 11) is -1.92. The number of hydrogen-bond donors (Lipinski definition) is 1. The number of hydrogen-bond acceptors (Lipinski definition) is 5. The third-order valence-electron chi connectivity index (χ3n) is 5.12. The van der Waals surface area contributed by atoms with Crippen molar-refractivity contribution < 1.29 is 17.9 Å². The van der Waals surface area contributed by atoms with Gasteiger partial charge in [-0.1, -0.05) is 50.1 Å². The maximum Gasteiger partial charge on any atom is 0.263 e. The highest BCUT2D eigenvalue weighted by molar-refractivity contribution is 7.90. The number of nitrogens with one attached hydrogen (secondary N) is 1. The number of carbonyl (C=O) groups excluding carboxylic acids is 1. The van der Waals surface area contributed by atoms with Crippen molar-refractivity contribution in [3.63, 3.8) is 0 Å². The summed E-state index contributed by atoms with van der Waals surface area (Å²) in [5.41, 5.74) is 1.41. The smallest absolute Gasteiger partial charge is 0.263 e. The Balaban J connectivity index is 1.86. The van der Waals surface area contributed by atoms with Gasteiger partial charge in [-0.3, -0.25) is 14.5 Å². The van der Waals surface area contributed by atoms with Crippen LogP contribution in [-0.2, 0) is 21.4 Å². The summed E-state index contributed by atoms with van der Waals surface area (Å²) in [6, 6.07) is 13.6. The molecule has 0 aliphatic carbocycles. The first-order valence-corrected chi connectivity index (χ1v) is 12.0. The summed E-state index contributed by atoms with van der Waals surface area (Å²) < 4.78 is 33.0. The number of fused-ring (bicyclic) bond motifs is 1. The Morgan fingerprint density at radius 2 is 1.84 bits per heavy atom. The zero-order valence-electron chi connectivity index (χ0n) is 18.2. The van der Waals surface area contributed by atoms with Crippen LogP contribution in [0.3, 0.4) is 0 Å². The summed E-state index contributed by atoms with van der Waals surface area (Å²) in [4.78, 5) is 19.7. The molecule has 166 valence electrons. The van der Waals surface area contributed by atoms with Gasteiger partial charge in [0.1, 0.15) is 17.6 Å². The van der Waals surface area contributed by atoms with Crippen LogP contribution in [-0.4, -0.2) is 44.8 Å². The van der Waals surface area contributed by atoms with Gasteiger partial charge in [-0.15, -0.1) is 0 Å². The van der Waals surface area contributed by atoms with Gasteiger partial charge in [0, 0.05) is 24.7 Å². The average Bonchev–Trinajstić information content (AvgIpc) is 3.02. The number of ether oxygens (including phenoxy) is 1. The summed E-state index contributed by atoms with van der Waals surface area (Å²) in [5, 5.41) is 0. The van der Waals surface area contributed by atoms with Crippen molar-refractivity contribution in [2.45, 2.75) is 50.6 Å². The predicted molar refractivity (Wildman–Crippen MR) is 121 cm³/mol. The third kappa shape index (κ3) is 5.25. The number of para-hydroxylation sites is 1. The van der Waals surface area contributed by atoms with Crippen molar-refractivity contribution in [1.29, 1.82) is 0 Å². The predicted octanol–water partition coefficient (Wildman–Crippen LogP) is 3.34. The van der Waals surface area contributed by atoms with E-state index >= 15 is 0 Å². The summed E-state index contributed by atoms with van der Waals surface area (Å²) in [6.45, 7) is 4.89. The van der Waals surface area contributed by atoms with Gasteiger partial charge in [-0.05, 0) is 31.5 Å². The largest absolute Gasteiger partial charge is 0.494 e. The van der Waals surface area contributed by atoms with E-state index < -0.39 is 16.1 Å². The Bertz CT molecular complexity index is 1070. The molecule has 3 rings (SSSR count). The standard InChI is InChI=1S/C23H29N3O4S/c1-4-6-13-19(24-22-18-12-8-10-15-21(18)31(28,29)25-22)23(27)26(3)16-17-11-7-9-14-20(17)30-5-2/h7-12,14-15,19H,4-6,13,16H2,1-3H3,(H,24,25). The topological polar surface area (TPSA) is 88.1 Å². The number of amidine groups is 1. The van der Waals surface area contributed by atoms with Crippen molar-refractivity contribution in [2.24, 2.45) is 4.99 Å². The quantitative estimate of drug-likeness (QED) is 0.644. The van der Waals surface area contributed by atoms with Crippen LogP contribution in [0.15, 0.2) is 58.4 Å². The van der Waals surface area contributed by atoms with E-state index in [4.69, 9.17) is 4.74 Å². The molecule has 7 nitrogen and oxygen atoms in total. The fourth-order valence-corrected chi connectivity index (χ4v) is 4.78. The first-order chi connectivity index (χ1) is 14.9. The second kappa shape index (κ2) is 9.96. The van der Waals surface area contributed by atoms with Gasteiger partial charge in [0.2, 0.25) is 5.91 Å². The molecule has 1 amide bonds. The fraction of sp³-hybridized carbons (Fsp3) is 0.391. The maximum absolute atomic E-state index is 13.3. The first kappa shape index (κ1) is 22.8. The number of carbonyl (C=O) groups is 1. The molecule has 1 atom stereocenters. The second-order valence-corrected chi connectivity index (χ2v) is 9.12. The van der Waals surface area contributed by atoms with Crippen LogP contribution in [0, 0.1) is 0 Å². The Morgan fingerprint density at radius 1 is 1.13 bits per heavy atom. The number of aliphatic imine (C=N–C) groups is 1. The summed E-state index contributed by atoms with van der Waals surface area (Å²) >= 11 is 0. The molecule has 1 N–H and O–H groups in total.